The first kappa shape index (κ1) is 12.2. The lowest BCUT2D eigenvalue weighted by molar-refractivity contribution is -0.136. The molecule has 0 fully saturated rings. The molecule has 0 heterocycles. The van der Waals surface area contributed by atoms with E-state index in [2.05, 4.69) is 18.2 Å². The molecule has 76 valence electrons. The van der Waals surface area contributed by atoms with Gasteiger partial charge in [0.15, 0.2) is 0 Å². The standard InChI is InChI=1S/C11H20O2/c1-5-6-7-8-9(2)10(3)11(12)13-4/h9H,3,5-8H2,1-2,4H3. The van der Waals surface area contributed by atoms with Crippen LogP contribution < -0.4 is 0 Å². The third kappa shape index (κ3) is 4.71. The third-order valence-electron chi connectivity index (χ3n) is 2.28. The largest absolute Gasteiger partial charge is 0.466 e. The zero-order chi connectivity index (χ0) is 10.3. The van der Waals surface area contributed by atoms with Crippen LogP contribution in [0.15, 0.2) is 12.2 Å². The number of ether oxygens (including phenoxy) is 1. The summed E-state index contributed by atoms with van der Waals surface area (Å²) in [5, 5.41) is 0. The van der Waals surface area contributed by atoms with Crippen LogP contribution in [0.1, 0.15) is 39.5 Å². The van der Waals surface area contributed by atoms with Crippen molar-refractivity contribution in [3.05, 3.63) is 12.2 Å². The number of hydrogen-bond acceptors (Lipinski definition) is 2. The number of unbranched alkanes of at least 4 members (excludes halogenated alkanes) is 2. The molecule has 0 N–H and O–H groups in total. The second kappa shape index (κ2) is 6.70. The lowest BCUT2D eigenvalue weighted by Gasteiger charge is -2.11. The molecular weight excluding hydrogens is 164 g/mol. The number of carbonyl (C=O) groups is 1. The SMILES string of the molecule is C=C(C(=O)OC)C(C)CCCCC. The van der Waals surface area contributed by atoms with E-state index in [1.165, 1.54) is 20.0 Å². The molecule has 0 aromatic rings. The quantitative estimate of drug-likeness (QED) is 0.360. The van der Waals surface area contributed by atoms with E-state index in [1.54, 1.807) is 0 Å². The fourth-order valence-corrected chi connectivity index (χ4v) is 1.21. The Morgan fingerprint density at radius 3 is 2.54 bits per heavy atom. The molecular formula is C11H20O2. The summed E-state index contributed by atoms with van der Waals surface area (Å²) in [6.07, 6.45) is 4.62. The Morgan fingerprint density at radius 1 is 1.46 bits per heavy atom. The van der Waals surface area contributed by atoms with Gasteiger partial charge in [0, 0.05) is 5.57 Å². The molecule has 2 nitrogen and oxygen atoms in total. The molecule has 0 aromatic carbocycles. The first-order valence-corrected chi connectivity index (χ1v) is 4.90. The van der Waals surface area contributed by atoms with E-state index >= 15 is 0 Å². The molecule has 0 spiro atoms. The fraction of sp³-hybridized carbons (Fsp3) is 0.727. The Kier molecular flexibility index (Phi) is 6.29. The maximum Gasteiger partial charge on any atom is 0.333 e. The Balaban J connectivity index is 3.76. The van der Waals surface area contributed by atoms with Gasteiger partial charge >= 0.3 is 5.97 Å². The predicted molar refractivity (Wildman–Crippen MR) is 54.5 cm³/mol. The van der Waals surface area contributed by atoms with Crippen molar-refractivity contribution in [2.24, 2.45) is 5.92 Å². The van der Waals surface area contributed by atoms with Crippen LogP contribution in [0.3, 0.4) is 0 Å². The van der Waals surface area contributed by atoms with Gasteiger partial charge < -0.3 is 4.74 Å². The fourth-order valence-electron chi connectivity index (χ4n) is 1.21. The summed E-state index contributed by atoms with van der Waals surface area (Å²) in [6, 6.07) is 0. The Hall–Kier alpha value is -0.790. The van der Waals surface area contributed by atoms with Gasteiger partial charge in [-0.25, -0.2) is 4.79 Å². The normalized spacial score (nSPS) is 12.2. The van der Waals surface area contributed by atoms with Crippen LogP contribution in [0, 0.1) is 5.92 Å². The van der Waals surface area contributed by atoms with Crippen LogP contribution in [0.25, 0.3) is 0 Å². The predicted octanol–water partition coefficient (Wildman–Crippen LogP) is 2.93. The van der Waals surface area contributed by atoms with Gasteiger partial charge in [0.2, 0.25) is 0 Å². The zero-order valence-electron chi connectivity index (χ0n) is 8.93. The van der Waals surface area contributed by atoms with Gasteiger partial charge in [0.25, 0.3) is 0 Å². The maximum absolute atomic E-state index is 11.1. The van der Waals surface area contributed by atoms with Crippen LogP contribution >= 0.6 is 0 Å². The molecule has 13 heavy (non-hydrogen) atoms. The van der Waals surface area contributed by atoms with Gasteiger partial charge in [-0.05, 0) is 12.3 Å². The van der Waals surface area contributed by atoms with E-state index < -0.39 is 0 Å². The molecule has 0 radical (unpaired) electrons. The molecule has 0 bridgehead atoms. The summed E-state index contributed by atoms with van der Waals surface area (Å²) >= 11 is 0. The molecule has 0 saturated heterocycles. The van der Waals surface area contributed by atoms with Crippen molar-refractivity contribution in [1.82, 2.24) is 0 Å². The molecule has 1 atom stereocenters. The second-order valence-electron chi connectivity index (χ2n) is 3.41. The first-order chi connectivity index (χ1) is 6.13. The Labute approximate surface area is 81.0 Å². The molecule has 2 heteroatoms. The monoisotopic (exact) mass is 184 g/mol. The van der Waals surface area contributed by atoms with E-state index in [1.807, 2.05) is 6.92 Å². The summed E-state index contributed by atoms with van der Waals surface area (Å²) in [6.45, 7) is 7.92. The molecule has 0 rings (SSSR count). The molecule has 0 aromatic heterocycles. The zero-order valence-corrected chi connectivity index (χ0v) is 8.93. The number of esters is 1. The number of methoxy groups -OCH3 is 1. The summed E-state index contributed by atoms with van der Waals surface area (Å²) in [5.74, 6) is -0.0250. The third-order valence-corrected chi connectivity index (χ3v) is 2.28. The number of hydrogen-bond donors (Lipinski definition) is 0. The van der Waals surface area contributed by atoms with Crippen LogP contribution in [-0.2, 0) is 9.53 Å². The number of carbonyl (C=O) groups excluding carboxylic acids is 1. The van der Waals surface area contributed by atoms with Gasteiger partial charge in [0.05, 0.1) is 7.11 Å². The van der Waals surface area contributed by atoms with Gasteiger partial charge in [-0.3, -0.25) is 0 Å². The summed E-state index contributed by atoms with van der Waals surface area (Å²) in [7, 11) is 1.40. The number of rotatable bonds is 6. The van der Waals surface area contributed by atoms with Crippen molar-refractivity contribution in [3.8, 4) is 0 Å². The highest BCUT2D eigenvalue weighted by molar-refractivity contribution is 5.88. The van der Waals surface area contributed by atoms with Crippen molar-refractivity contribution in [3.63, 3.8) is 0 Å². The highest BCUT2D eigenvalue weighted by atomic mass is 16.5. The van der Waals surface area contributed by atoms with E-state index in [0.29, 0.717) is 5.57 Å². The minimum Gasteiger partial charge on any atom is -0.466 e. The van der Waals surface area contributed by atoms with E-state index in [4.69, 9.17) is 0 Å². The van der Waals surface area contributed by atoms with Gasteiger partial charge in [-0.1, -0.05) is 39.7 Å². The lowest BCUT2D eigenvalue weighted by atomic mass is 9.96. The first-order valence-electron chi connectivity index (χ1n) is 4.90. The van der Waals surface area contributed by atoms with E-state index in [9.17, 15) is 4.79 Å². The molecule has 0 aliphatic heterocycles. The topological polar surface area (TPSA) is 26.3 Å². The minimum atomic E-state index is -0.274. The minimum absolute atomic E-state index is 0.249. The highest BCUT2D eigenvalue weighted by Crippen LogP contribution is 2.17. The summed E-state index contributed by atoms with van der Waals surface area (Å²) in [4.78, 5) is 11.1. The van der Waals surface area contributed by atoms with Gasteiger partial charge in [-0.15, -0.1) is 0 Å². The molecule has 1 unspecified atom stereocenters. The molecule has 0 saturated carbocycles. The average molecular weight is 184 g/mol. The smallest absolute Gasteiger partial charge is 0.333 e. The van der Waals surface area contributed by atoms with Crippen LogP contribution in [0.4, 0.5) is 0 Å². The Morgan fingerprint density at radius 2 is 2.08 bits per heavy atom. The summed E-state index contributed by atoms with van der Waals surface area (Å²) < 4.78 is 4.60. The second-order valence-corrected chi connectivity index (χ2v) is 3.41. The van der Waals surface area contributed by atoms with Crippen LogP contribution in [-0.4, -0.2) is 13.1 Å². The van der Waals surface area contributed by atoms with Crippen molar-refractivity contribution < 1.29 is 9.53 Å². The van der Waals surface area contributed by atoms with Crippen LogP contribution in [0.2, 0.25) is 0 Å². The Bertz CT molecular complexity index is 173. The van der Waals surface area contributed by atoms with Crippen molar-refractivity contribution >= 4 is 5.97 Å². The van der Waals surface area contributed by atoms with E-state index in [0.717, 1.165) is 12.8 Å². The van der Waals surface area contributed by atoms with E-state index in [-0.39, 0.29) is 11.9 Å². The highest BCUT2D eigenvalue weighted by Gasteiger charge is 2.13. The van der Waals surface area contributed by atoms with Gasteiger partial charge in [0.1, 0.15) is 0 Å². The van der Waals surface area contributed by atoms with Crippen molar-refractivity contribution in [2.45, 2.75) is 39.5 Å². The molecule has 0 aliphatic rings. The van der Waals surface area contributed by atoms with Crippen molar-refractivity contribution in [1.29, 1.82) is 0 Å². The summed E-state index contributed by atoms with van der Waals surface area (Å²) in [5.41, 5.74) is 0.596. The molecule has 0 amide bonds. The van der Waals surface area contributed by atoms with Crippen molar-refractivity contribution in [2.75, 3.05) is 7.11 Å². The maximum atomic E-state index is 11.1. The van der Waals surface area contributed by atoms with Crippen LogP contribution in [0.5, 0.6) is 0 Å². The van der Waals surface area contributed by atoms with Gasteiger partial charge in [-0.2, -0.15) is 0 Å². The average Bonchev–Trinajstić information content (AvgIpc) is 2.15. The molecule has 0 aliphatic carbocycles. The lowest BCUT2D eigenvalue weighted by Crippen LogP contribution is -2.11.